The number of ketones is 1. The molecule has 0 radical (unpaired) electrons. The Balaban J connectivity index is 3.43. The molecule has 0 aromatic carbocycles. The Morgan fingerprint density at radius 1 is 0.808 bits per heavy atom. The fourth-order valence-corrected chi connectivity index (χ4v) is 2.62. The van der Waals surface area contributed by atoms with Crippen molar-refractivity contribution in [1.82, 2.24) is 0 Å². The van der Waals surface area contributed by atoms with E-state index in [1.807, 2.05) is 0 Å². The fraction of sp³-hybridized carbons (Fsp3) is 0.810. The zero-order chi connectivity index (χ0) is 19.5. The molecule has 0 aliphatic rings. The summed E-state index contributed by atoms with van der Waals surface area (Å²) in [7, 11) is 0. The third kappa shape index (κ3) is 16.3. The maximum Gasteiger partial charge on any atom is 0.306 e. The lowest BCUT2D eigenvalue weighted by atomic mass is 10.1. The number of unbranched alkanes of at least 4 members (excludes halogenated alkanes) is 7. The lowest BCUT2D eigenvalue weighted by molar-refractivity contribution is -0.153. The molecule has 0 amide bonds. The molecule has 0 fully saturated rings. The highest BCUT2D eigenvalue weighted by Gasteiger charge is 2.11. The third-order valence-corrected chi connectivity index (χ3v) is 4.27. The van der Waals surface area contributed by atoms with Crippen LogP contribution in [0.1, 0.15) is 90.4 Å². The molecule has 152 valence electrons. The summed E-state index contributed by atoms with van der Waals surface area (Å²) in [6, 6.07) is 0. The quantitative estimate of drug-likeness (QED) is 0.216. The molecule has 0 aromatic rings. The van der Waals surface area contributed by atoms with Gasteiger partial charge in [-0.1, -0.05) is 51.2 Å². The van der Waals surface area contributed by atoms with Gasteiger partial charge in [-0.3, -0.25) is 9.59 Å². The van der Waals surface area contributed by atoms with E-state index < -0.39 is 6.10 Å². The zero-order valence-corrected chi connectivity index (χ0v) is 16.5. The molecule has 2 N–H and O–H groups in total. The maximum absolute atomic E-state index is 11.8. The number of Topliss-reactive ketones (excluding diaryl/α,β-unsaturated/α-hetero) is 1. The van der Waals surface area contributed by atoms with Gasteiger partial charge in [0.05, 0.1) is 13.2 Å². The molecular formula is C21H38O5. The Bertz CT molecular complexity index is 375. The number of aliphatic hydroxyl groups is 2. The summed E-state index contributed by atoms with van der Waals surface area (Å²) in [5.74, 6) is -0.0399. The predicted molar refractivity (Wildman–Crippen MR) is 104 cm³/mol. The number of esters is 1. The standard InChI is InChI=1S/C21H38O5/c1-2-3-4-5-6-8-11-14-19(24)15-12-9-7-10-13-16-21(25)26-20(17-22)18-23/h6,8,20,22-23H,2-5,7,9-18H2,1H3. The second-order valence-electron chi connectivity index (χ2n) is 6.79. The minimum atomic E-state index is -0.806. The zero-order valence-electron chi connectivity index (χ0n) is 16.5. The van der Waals surface area contributed by atoms with E-state index in [1.165, 1.54) is 19.3 Å². The van der Waals surface area contributed by atoms with Crippen molar-refractivity contribution in [3.8, 4) is 0 Å². The van der Waals surface area contributed by atoms with E-state index in [1.54, 1.807) is 0 Å². The van der Waals surface area contributed by atoms with Gasteiger partial charge in [0.25, 0.3) is 0 Å². The molecule has 0 aliphatic carbocycles. The molecule has 0 aromatic heterocycles. The number of allylic oxidation sites excluding steroid dienone is 2. The number of carbonyl (C=O) groups is 2. The van der Waals surface area contributed by atoms with Gasteiger partial charge in [-0.05, 0) is 32.1 Å². The van der Waals surface area contributed by atoms with Gasteiger partial charge in [0.1, 0.15) is 11.9 Å². The van der Waals surface area contributed by atoms with Gasteiger partial charge in [-0.15, -0.1) is 0 Å². The number of rotatable bonds is 18. The Morgan fingerprint density at radius 2 is 1.42 bits per heavy atom. The molecule has 0 heterocycles. The lowest BCUT2D eigenvalue weighted by Gasteiger charge is -2.12. The van der Waals surface area contributed by atoms with Crippen molar-refractivity contribution in [3.05, 3.63) is 12.2 Å². The number of carbonyl (C=O) groups excluding carboxylic acids is 2. The lowest BCUT2D eigenvalue weighted by Crippen LogP contribution is -2.25. The summed E-state index contributed by atoms with van der Waals surface area (Å²) in [4.78, 5) is 23.2. The van der Waals surface area contributed by atoms with Crippen LogP contribution in [-0.2, 0) is 14.3 Å². The van der Waals surface area contributed by atoms with Gasteiger partial charge >= 0.3 is 5.97 Å². The van der Waals surface area contributed by atoms with Gasteiger partial charge in [-0.2, -0.15) is 0 Å². The van der Waals surface area contributed by atoms with E-state index >= 15 is 0 Å². The Kier molecular flexibility index (Phi) is 17.7. The average molecular weight is 371 g/mol. The molecule has 0 saturated carbocycles. The average Bonchev–Trinajstić information content (AvgIpc) is 2.64. The summed E-state index contributed by atoms with van der Waals surface area (Å²) in [6.07, 6.45) is 15.4. The van der Waals surface area contributed by atoms with Crippen LogP contribution in [0.2, 0.25) is 0 Å². The molecule has 26 heavy (non-hydrogen) atoms. The van der Waals surface area contributed by atoms with E-state index in [4.69, 9.17) is 14.9 Å². The summed E-state index contributed by atoms with van der Waals surface area (Å²) in [6.45, 7) is 1.48. The smallest absolute Gasteiger partial charge is 0.306 e. The maximum atomic E-state index is 11.8. The predicted octanol–water partition coefficient (Wildman–Crippen LogP) is 4.10. The molecule has 0 saturated heterocycles. The summed E-state index contributed by atoms with van der Waals surface area (Å²) in [5, 5.41) is 17.7. The first-order valence-electron chi connectivity index (χ1n) is 10.2. The van der Waals surface area contributed by atoms with Crippen LogP contribution in [0.5, 0.6) is 0 Å². The molecule has 0 unspecified atom stereocenters. The Hall–Kier alpha value is -1.20. The van der Waals surface area contributed by atoms with E-state index in [-0.39, 0.29) is 19.2 Å². The minimum Gasteiger partial charge on any atom is -0.457 e. The van der Waals surface area contributed by atoms with Crippen molar-refractivity contribution in [2.45, 2.75) is 96.5 Å². The molecular weight excluding hydrogens is 332 g/mol. The topological polar surface area (TPSA) is 83.8 Å². The van der Waals surface area contributed by atoms with Crippen LogP contribution in [0.15, 0.2) is 12.2 Å². The van der Waals surface area contributed by atoms with Crippen molar-refractivity contribution in [3.63, 3.8) is 0 Å². The molecule has 0 aliphatic heterocycles. The van der Waals surface area contributed by atoms with Crippen molar-refractivity contribution >= 4 is 11.8 Å². The van der Waals surface area contributed by atoms with E-state index in [9.17, 15) is 9.59 Å². The Morgan fingerprint density at radius 3 is 2.08 bits per heavy atom. The monoisotopic (exact) mass is 370 g/mol. The SMILES string of the molecule is CCCCCC=CCCC(=O)CCCCCCCC(=O)OC(CO)CO. The van der Waals surface area contributed by atoms with Crippen LogP contribution in [0.4, 0.5) is 0 Å². The molecule has 0 bridgehead atoms. The summed E-state index contributed by atoms with van der Waals surface area (Å²) in [5.41, 5.74) is 0. The van der Waals surface area contributed by atoms with Gasteiger partial charge in [-0.25, -0.2) is 0 Å². The first-order chi connectivity index (χ1) is 12.6. The highest BCUT2D eigenvalue weighted by Crippen LogP contribution is 2.10. The highest BCUT2D eigenvalue weighted by atomic mass is 16.6. The number of hydrogen-bond donors (Lipinski definition) is 2. The van der Waals surface area contributed by atoms with Crippen molar-refractivity contribution in [1.29, 1.82) is 0 Å². The van der Waals surface area contributed by atoms with Crippen LogP contribution < -0.4 is 0 Å². The molecule has 5 heteroatoms. The summed E-state index contributed by atoms with van der Waals surface area (Å²) >= 11 is 0. The highest BCUT2D eigenvalue weighted by molar-refractivity contribution is 5.78. The molecule has 0 rings (SSSR count). The second-order valence-corrected chi connectivity index (χ2v) is 6.79. The van der Waals surface area contributed by atoms with Crippen LogP contribution in [0.3, 0.4) is 0 Å². The van der Waals surface area contributed by atoms with Crippen LogP contribution in [-0.4, -0.2) is 41.3 Å². The van der Waals surface area contributed by atoms with Gasteiger partial charge in [0.15, 0.2) is 0 Å². The van der Waals surface area contributed by atoms with Crippen LogP contribution >= 0.6 is 0 Å². The normalized spacial score (nSPS) is 11.4. The van der Waals surface area contributed by atoms with Gasteiger partial charge < -0.3 is 14.9 Å². The van der Waals surface area contributed by atoms with E-state index in [0.717, 1.165) is 44.9 Å². The summed E-state index contributed by atoms with van der Waals surface area (Å²) < 4.78 is 4.89. The first-order valence-corrected chi connectivity index (χ1v) is 10.2. The largest absolute Gasteiger partial charge is 0.457 e. The third-order valence-electron chi connectivity index (χ3n) is 4.27. The fourth-order valence-electron chi connectivity index (χ4n) is 2.62. The molecule has 0 atom stereocenters. The van der Waals surface area contributed by atoms with Gasteiger partial charge in [0.2, 0.25) is 0 Å². The van der Waals surface area contributed by atoms with Gasteiger partial charge in [0, 0.05) is 19.3 Å². The van der Waals surface area contributed by atoms with Crippen molar-refractivity contribution in [2.24, 2.45) is 0 Å². The number of aliphatic hydroxyl groups excluding tert-OH is 2. The first kappa shape index (κ1) is 24.8. The van der Waals surface area contributed by atoms with Crippen LogP contribution in [0.25, 0.3) is 0 Å². The van der Waals surface area contributed by atoms with Crippen LogP contribution in [0, 0.1) is 0 Å². The van der Waals surface area contributed by atoms with E-state index in [2.05, 4.69) is 19.1 Å². The van der Waals surface area contributed by atoms with Crippen molar-refractivity contribution < 1.29 is 24.5 Å². The van der Waals surface area contributed by atoms with Crippen molar-refractivity contribution in [2.75, 3.05) is 13.2 Å². The number of hydrogen-bond acceptors (Lipinski definition) is 5. The number of ether oxygens (including phenoxy) is 1. The minimum absolute atomic E-state index is 0.306. The molecule has 5 nitrogen and oxygen atoms in total. The molecule has 0 spiro atoms. The Labute approximate surface area is 158 Å². The van der Waals surface area contributed by atoms with E-state index in [0.29, 0.717) is 25.0 Å². The second kappa shape index (κ2) is 18.6.